The Balaban J connectivity index is 2.13. The van der Waals surface area contributed by atoms with Gasteiger partial charge < -0.3 is 5.11 Å². The van der Waals surface area contributed by atoms with Crippen LogP contribution in [0.1, 0.15) is 58.8 Å². The third kappa shape index (κ3) is 5.36. The van der Waals surface area contributed by atoms with Gasteiger partial charge in [0, 0.05) is 0 Å². The average molecular weight is 210 g/mol. The van der Waals surface area contributed by atoms with Gasteiger partial charge in [-0.2, -0.15) is 0 Å². The van der Waals surface area contributed by atoms with E-state index in [0.29, 0.717) is 11.8 Å². The summed E-state index contributed by atoms with van der Waals surface area (Å²) < 4.78 is 0. The Morgan fingerprint density at radius 2 is 2.13 bits per heavy atom. The molecule has 0 aromatic heterocycles. The number of aliphatic hydroxyl groups excluding tert-OH is 1. The van der Waals surface area contributed by atoms with Crippen LogP contribution in [0, 0.1) is 11.8 Å². The van der Waals surface area contributed by atoms with Gasteiger partial charge in [-0.1, -0.05) is 45.3 Å². The van der Waals surface area contributed by atoms with Crippen molar-refractivity contribution in [1.82, 2.24) is 0 Å². The number of rotatable bonds is 6. The van der Waals surface area contributed by atoms with Gasteiger partial charge in [-0.3, -0.25) is 0 Å². The molecule has 0 aromatic rings. The van der Waals surface area contributed by atoms with E-state index in [1.807, 2.05) is 0 Å². The summed E-state index contributed by atoms with van der Waals surface area (Å²) in [5.74, 6) is 1.36. The smallest absolute Gasteiger partial charge is 0.0546 e. The molecule has 0 saturated heterocycles. The summed E-state index contributed by atoms with van der Waals surface area (Å²) in [7, 11) is 0. The predicted octanol–water partition coefficient (Wildman–Crippen LogP) is 3.92. The van der Waals surface area contributed by atoms with E-state index in [2.05, 4.69) is 26.0 Å². The number of hydrogen-bond acceptors (Lipinski definition) is 1. The first kappa shape index (κ1) is 12.8. The SMILES string of the molecule is CCCCCC(C)C=CC1CCC(O)C1. The zero-order valence-electron chi connectivity index (χ0n) is 10.3. The Kier molecular flexibility index (Phi) is 6.00. The summed E-state index contributed by atoms with van der Waals surface area (Å²) in [6.45, 7) is 4.55. The summed E-state index contributed by atoms with van der Waals surface area (Å²) in [5, 5.41) is 9.40. The molecule has 0 amide bonds. The minimum Gasteiger partial charge on any atom is -0.393 e. The molecule has 3 unspecified atom stereocenters. The van der Waals surface area contributed by atoms with Crippen molar-refractivity contribution in [1.29, 1.82) is 0 Å². The highest BCUT2D eigenvalue weighted by atomic mass is 16.3. The molecule has 3 atom stereocenters. The Morgan fingerprint density at radius 3 is 2.73 bits per heavy atom. The molecule has 0 aromatic carbocycles. The zero-order chi connectivity index (χ0) is 11.1. The molecule has 0 radical (unpaired) electrons. The van der Waals surface area contributed by atoms with Crippen LogP contribution in [0.2, 0.25) is 0 Å². The molecular weight excluding hydrogens is 184 g/mol. The fraction of sp³-hybridized carbons (Fsp3) is 0.857. The van der Waals surface area contributed by atoms with Crippen molar-refractivity contribution in [2.45, 2.75) is 64.9 Å². The van der Waals surface area contributed by atoms with Gasteiger partial charge in [0.25, 0.3) is 0 Å². The van der Waals surface area contributed by atoms with Crippen LogP contribution in [0.3, 0.4) is 0 Å². The average Bonchev–Trinajstić information content (AvgIpc) is 2.62. The van der Waals surface area contributed by atoms with Crippen molar-refractivity contribution >= 4 is 0 Å². The molecule has 1 heteroatoms. The lowest BCUT2D eigenvalue weighted by atomic mass is 9.99. The predicted molar refractivity (Wildman–Crippen MR) is 65.8 cm³/mol. The summed E-state index contributed by atoms with van der Waals surface area (Å²) >= 11 is 0. The van der Waals surface area contributed by atoms with Gasteiger partial charge >= 0.3 is 0 Å². The second-order valence-electron chi connectivity index (χ2n) is 5.08. The highest BCUT2D eigenvalue weighted by molar-refractivity contribution is 4.95. The summed E-state index contributed by atoms with van der Waals surface area (Å²) in [4.78, 5) is 0. The molecule has 1 rings (SSSR count). The van der Waals surface area contributed by atoms with E-state index in [1.54, 1.807) is 0 Å². The van der Waals surface area contributed by atoms with Crippen LogP contribution < -0.4 is 0 Å². The highest BCUT2D eigenvalue weighted by Gasteiger charge is 2.20. The molecular formula is C14H26O. The molecule has 1 nitrogen and oxygen atoms in total. The van der Waals surface area contributed by atoms with E-state index in [1.165, 1.54) is 32.1 Å². The first-order chi connectivity index (χ1) is 7.22. The standard InChI is InChI=1S/C14H26O/c1-3-4-5-6-12(2)7-8-13-9-10-14(15)11-13/h7-8,12-15H,3-6,9-11H2,1-2H3. The monoisotopic (exact) mass is 210 g/mol. The van der Waals surface area contributed by atoms with Crippen molar-refractivity contribution in [2.75, 3.05) is 0 Å². The number of aliphatic hydroxyl groups is 1. The molecule has 88 valence electrons. The molecule has 1 aliphatic carbocycles. The highest BCUT2D eigenvalue weighted by Crippen LogP contribution is 2.27. The molecule has 1 fully saturated rings. The number of allylic oxidation sites excluding steroid dienone is 2. The fourth-order valence-corrected chi connectivity index (χ4v) is 2.33. The van der Waals surface area contributed by atoms with E-state index in [4.69, 9.17) is 0 Å². The van der Waals surface area contributed by atoms with E-state index >= 15 is 0 Å². The van der Waals surface area contributed by atoms with Crippen LogP contribution in [-0.2, 0) is 0 Å². The van der Waals surface area contributed by atoms with Crippen molar-refractivity contribution in [3.05, 3.63) is 12.2 Å². The van der Waals surface area contributed by atoms with Crippen LogP contribution in [-0.4, -0.2) is 11.2 Å². The van der Waals surface area contributed by atoms with E-state index in [-0.39, 0.29) is 6.10 Å². The fourth-order valence-electron chi connectivity index (χ4n) is 2.33. The maximum absolute atomic E-state index is 9.40. The third-order valence-electron chi connectivity index (χ3n) is 3.42. The largest absolute Gasteiger partial charge is 0.393 e. The first-order valence-electron chi connectivity index (χ1n) is 6.58. The van der Waals surface area contributed by atoms with Crippen molar-refractivity contribution in [3.63, 3.8) is 0 Å². The van der Waals surface area contributed by atoms with E-state index in [9.17, 15) is 5.11 Å². The number of unbranched alkanes of at least 4 members (excludes halogenated alkanes) is 2. The van der Waals surface area contributed by atoms with Crippen molar-refractivity contribution in [3.8, 4) is 0 Å². The van der Waals surface area contributed by atoms with Crippen LogP contribution in [0.25, 0.3) is 0 Å². The van der Waals surface area contributed by atoms with Gasteiger partial charge in [0.1, 0.15) is 0 Å². The van der Waals surface area contributed by atoms with Gasteiger partial charge in [-0.25, -0.2) is 0 Å². The Bertz CT molecular complexity index is 186. The second kappa shape index (κ2) is 7.05. The van der Waals surface area contributed by atoms with Crippen LogP contribution in [0.5, 0.6) is 0 Å². The Labute approximate surface area is 94.6 Å². The lowest BCUT2D eigenvalue weighted by Crippen LogP contribution is -1.98. The molecule has 1 N–H and O–H groups in total. The van der Waals surface area contributed by atoms with Crippen molar-refractivity contribution < 1.29 is 5.11 Å². The first-order valence-corrected chi connectivity index (χ1v) is 6.58. The summed E-state index contributed by atoms with van der Waals surface area (Å²) in [6, 6.07) is 0. The molecule has 0 bridgehead atoms. The molecule has 1 saturated carbocycles. The molecule has 0 spiro atoms. The topological polar surface area (TPSA) is 20.2 Å². The zero-order valence-corrected chi connectivity index (χ0v) is 10.3. The molecule has 15 heavy (non-hydrogen) atoms. The van der Waals surface area contributed by atoms with Gasteiger partial charge in [-0.15, -0.1) is 0 Å². The van der Waals surface area contributed by atoms with Crippen LogP contribution >= 0.6 is 0 Å². The minimum absolute atomic E-state index is 0.0324. The van der Waals surface area contributed by atoms with E-state index < -0.39 is 0 Å². The maximum atomic E-state index is 9.40. The van der Waals surface area contributed by atoms with Crippen molar-refractivity contribution in [2.24, 2.45) is 11.8 Å². The quantitative estimate of drug-likeness (QED) is 0.520. The maximum Gasteiger partial charge on any atom is 0.0546 e. The van der Waals surface area contributed by atoms with Crippen LogP contribution in [0.4, 0.5) is 0 Å². The van der Waals surface area contributed by atoms with Gasteiger partial charge in [0.2, 0.25) is 0 Å². The lowest BCUT2D eigenvalue weighted by Gasteiger charge is -2.07. The minimum atomic E-state index is -0.0324. The van der Waals surface area contributed by atoms with Gasteiger partial charge in [0.05, 0.1) is 6.10 Å². The lowest BCUT2D eigenvalue weighted by molar-refractivity contribution is 0.180. The molecule has 1 aliphatic rings. The molecule has 0 heterocycles. The second-order valence-corrected chi connectivity index (χ2v) is 5.08. The normalized spacial score (nSPS) is 28.7. The van der Waals surface area contributed by atoms with Crippen LogP contribution in [0.15, 0.2) is 12.2 Å². The molecule has 0 aliphatic heterocycles. The Morgan fingerprint density at radius 1 is 1.33 bits per heavy atom. The number of hydrogen-bond donors (Lipinski definition) is 1. The summed E-state index contributed by atoms with van der Waals surface area (Å²) in [6.07, 6.45) is 13.2. The summed E-state index contributed by atoms with van der Waals surface area (Å²) in [5.41, 5.74) is 0. The Hall–Kier alpha value is -0.300. The van der Waals surface area contributed by atoms with Gasteiger partial charge in [0.15, 0.2) is 0 Å². The third-order valence-corrected chi connectivity index (χ3v) is 3.42. The van der Waals surface area contributed by atoms with E-state index in [0.717, 1.165) is 12.8 Å². The van der Waals surface area contributed by atoms with Gasteiger partial charge in [-0.05, 0) is 37.5 Å².